The molecule has 0 spiro atoms. The molecule has 2 aliphatic rings. The van der Waals surface area contributed by atoms with E-state index in [9.17, 15) is 24.9 Å². The lowest BCUT2D eigenvalue weighted by Gasteiger charge is -2.34. The second-order valence-electron chi connectivity index (χ2n) is 12.1. The summed E-state index contributed by atoms with van der Waals surface area (Å²) >= 11 is 0. The van der Waals surface area contributed by atoms with Gasteiger partial charge in [-0.05, 0) is 66.6 Å². The predicted molar refractivity (Wildman–Crippen MR) is 199 cm³/mol. The number of cyclic esters (lactones) is 1. The summed E-state index contributed by atoms with van der Waals surface area (Å²) in [5, 5.41) is 37.6. The fourth-order valence-corrected chi connectivity index (χ4v) is 5.14. The van der Waals surface area contributed by atoms with Gasteiger partial charge in [0.1, 0.15) is 18.0 Å². The van der Waals surface area contributed by atoms with E-state index in [4.69, 9.17) is 24.1 Å². The van der Waals surface area contributed by atoms with E-state index in [0.29, 0.717) is 18.9 Å². The Labute approximate surface area is 296 Å². The fraction of sp³-hybridized carbons (Fsp3) is 0.914. The number of hydrogen-bond acceptors (Lipinski definition) is 11. The van der Waals surface area contributed by atoms with Crippen molar-refractivity contribution in [2.75, 3.05) is 41.5 Å². The Morgan fingerprint density at radius 2 is 1.38 bits per heavy atom. The molecule has 0 aromatic rings. The maximum Gasteiger partial charge on any atom is 0.308 e. The van der Waals surface area contributed by atoms with Crippen LogP contribution in [0.15, 0.2) is 0 Å². The normalized spacial score (nSPS) is 32.2. The minimum absolute atomic E-state index is 0.0926. The summed E-state index contributed by atoms with van der Waals surface area (Å²) in [6, 6.07) is 0.466. The second kappa shape index (κ2) is 32.9. The number of esters is 1. The average molecular weight is 717 g/mol. The van der Waals surface area contributed by atoms with Crippen LogP contribution in [0.2, 0.25) is 0 Å². The van der Waals surface area contributed by atoms with Gasteiger partial charge in [-0.15, -0.1) is 9.24 Å². The number of Topliss-reactive ketones (excluding diaryl/α,β-unsaturated/α-hetero) is 1. The highest BCUT2D eigenvalue weighted by atomic mass is 31.0. The van der Waals surface area contributed by atoms with Gasteiger partial charge in [0.25, 0.3) is 5.97 Å². The number of hydrogen-bond donors (Lipinski definition) is 5. The molecule has 11 atom stereocenters. The molecule has 292 valence electrons. The monoisotopic (exact) mass is 717 g/mol. The third-order valence-corrected chi connectivity index (χ3v) is 7.52. The number of nitrogens with two attached hydrogens (primary N) is 1. The molecule has 0 radical (unpaired) electrons. The molecule has 48 heavy (non-hydrogen) atoms. The van der Waals surface area contributed by atoms with Gasteiger partial charge in [0.05, 0.1) is 24.2 Å². The quantitative estimate of drug-likeness (QED) is 0.198. The first-order chi connectivity index (χ1) is 22.3. The number of ether oxygens (including phenoxy) is 3. The van der Waals surface area contributed by atoms with Crippen LogP contribution in [0.1, 0.15) is 108 Å². The number of aliphatic hydroxyl groups is 3. The zero-order valence-corrected chi connectivity index (χ0v) is 34.4. The Balaban J connectivity index is -0.000000221. The van der Waals surface area contributed by atoms with Gasteiger partial charge in [0.15, 0.2) is 6.29 Å². The van der Waals surface area contributed by atoms with Gasteiger partial charge in [-0.2, -0.15) is 0 Å². The number of carbonyl (C=O) groups excluding carboxylic acids is 2. The summed E-state index contributed by atoms with van der Waals surface area (Å²) in [4.78, 5) is 35.9. The average Bonchev–Trinajstić information content (AvgIpc) is 3.05. The Bertz CT molecular complexity index is 774. The Morgan fingerprint density at radius 3 is 1.77 bits per heavy atom. The summed E-state index contributed by atoms with van der Waals surface area (Å²) in [5.41, 5.74) is 2.82. The van der Waals surface area contributed by atoms with Crippen molar-refractivity contribution in [3.8, 4) is 0 Å². The van der Waals surface area contributed by atoms with Crippen LogP contribution < -0.4 is 5.73 Å². The van der Waals surface area contributed by atoms with Gasteiger partial charge in [0.2, 0.25) is 0 Å². The molecule has 2 fully saturated rings. The van der Waals surface area contributed by atoms with E-state index in [-0.39, 0.29) is 42.4 Å². The van der Waals surface area contributed by atoms with Crippen LogP contribution in [0.3, 0.4) is 0 Å². The molecule has 2 aliphatic heterocycles. The number of carboxylic acids is 1. The van der Waals surface area contributed by atoms with Gasteiger partial charge >= 0.3 is 5.97 Å². The van der Waals surface area contributed by atoms with E-state index >= 15 is 0 Å². The minimum atomic E-state index is -1.68. The number of aliphatic hydroxyl groups excluding tert-OH is 2. The lowest BCUT2D eigenvalue weighted by Crippen LogP contribution is -2.50. The van der Waals surface area contributed by atoms with Crippen LogP contribution in [0.5, 0.6) is 0 Å². The smallest absolute Gasteiger partial charge is 0.308 e. The first-order valence-electron chi connectivity index (χ1n) is 17.3. The molecule has 0 aliphatic carbocycles. The van der Waals surface area contributed by atoms with E-state index in [2.05, 4.69) is 26.8 Å². The van der Waals surface area contributed by atoms with Crippen LogP contribution >= 0.6 is 9.24 Å². The van der Waals surface area contributed by atoms with Gasteiger partial charge < -0.3 is 45.3 Å². The highest BCUT2D eigenvalue weighted by Gasteiger charge is 2.40. The van der Waals surface area contributed by atoms with Crippen LogP contribution in [0.4, 0.5) is 0 Å². The molecule has 0 bridgehead atoms. The molecule has 2 rings (SSSR count). The number of carbonyl (C=O) groups is 3. The second-order valence-corrected chi connectivity index (χ2v) is 12.1. The molecule has 12 nitrogen and oxygen atoms in total. The van der Waals surface area contributed by atoms with E-state index in [0.717, 1.165) is 26.2 Å². The van der Waals surface area contributed by atoms with E-state index < -0.39 is 35.9 Å². The van der Waals surface area contributed by atoms with Crippen molar-refractivity contribution in [1.82, 2.24) is 4.90 Å². The summed E-state index contributed by atoms with van der Waals surface area (Å²) in [5.74, 6) is -2.49. The zero-order chi connectivity index (χ0) is 39.4. The predicted octanol–water partition coefficient (Wildman–Crippen LogP) is 4.60. The number of methoxy groups -OCH3 is 1. The van der Waals surface area contributed by atoms with Crippen LogP contribution in [0.25, 0.3) is 0 Å². The standard InChI is InChI=1S/C19H34O6.C8H17NO2.C2H4O2.2C2H6.CH5N.CH5P/c1-11-7-13(3)18(22)25-10-19(5,23)17(21)14(4)16(20)12(2)9-15(8-11)24-6;1-6-4-7(9(2)3)5-8(10)11-6;1-2(3)4;4*1-2/h11-15,17,21,23H,7-10H2,1-6H3;6-8,10H,4-5H2,1-3H3;1H3,(H,3,4);2*1-2H3;2*2H2,1H3/t11-,12+,13?,14?,15?,17?,19+;;;;;;/m0....../s1. The summed E-state index contributed by atoms with van der Waals surface area (Å²) in [6.45, 7) is 21.3. The maximum absolute atomic E-state index is 12.6. The Morgan fingerprint density at radius 1 is 0.917 bits per heavy atom. The van der Waals surface area contributed by atoms with Crippen molar-refractivity contribution in [2.24, 2.45) is 29.4 Å². The largest absolute Gasteiger partial charge is 0.481 e. The fourth-order valence-electron chi connectivity index (χ4n) is 5.14. The lowest BCUT2D eigenvalue weighted by atomic mass is 9.80. The van der Waals surface area contributed by atoms with Gasteiger partial charge in [-0.3, -0.25) is 14.4 Å². The molecule has 2 heterocycles. The number of rotatable bonds is 2. The van der Waals surface area contributed by atoms with E-state index in [1.165, 1.54) is 14.0 Å². The molecular formula is C35H77N2O10P. The lowest BCUT2D eigenvalue weighted by molar-refractivity contribution is -0.172. The van der Waals surface area contributed by atoms with Crippen LogP contribution in [-0.4, -0.2) is 121 Å². The molecule has 8 unspecified atom stereocenters. The maximum atomic E-state index is 12.6. The number of nitrogens with zero attached hydrogens (tertiary/aromatic N) is 1. The van der Waals surface area contributed by atoms with Crippen LogP contribution in [-0.2, 0) is 28.6 Å². The highest BCUT2D eigenvalue weighted by molar-refractivity contribution is 7.15. The molecule has 6 N–H and O–H groups in total. The van der Waals surface area contributed by atoms with Crippen molar-refractivity contribution < 1.29 is 49.0 Å². The summed E-state index contributed by atoms with van der Waals surface area (Å²) in [6.07, 6.45) is 1.91. The summed E-state index contributed by atoms with van der Waals surface area (Å²) < 4.78 is 15.9. The van der Waals surface area contributed by atoms with Gasteiger partial charge in [-0.25, -0.2) is 0 Å². The first kappa shape index (κ1) is 56.1. The Kier molecular flexibility index (Phi) is 38.5. The van der Waals surface area contributed by atoms with Crippen molar-refractivity contribution in [3.05, 3.63) is 0 Å². The zero-order valence-electron chi connectivity index (χ0n) is 33.3. The molecule has 0 saturated carbocycles. The van der Waals surface area contributed by atoms with Gasteiger partial charge in [-0.1, -0.05) is 62.1 Å². The first-order valence-corrected chi connectivity index (χ1v) is 18.5. The topological polar surface area (TPSA) is 189 Å². The summed E-state index contributed by atoms with van der Waals surface area (Å²) in [7, 11) is 9.61. The third kappa shape index (κ3) is 26.6. The minimum Gasteiger partial charge on any atom is -0.481 e. The van der Waals surface area contributed by atoms with Crippen molar-refractivity contribution in [1.29, 1.82) is 0 Å². The molecule has 0 aromatic carbocycles. The number of aliphatic carboxylic acids is 1. The Hall–Kier alpha value is -1.24. The number of carboxylic acid groups (broad SMARTS) is 1. The molecule has 0 aromatic heterocycles. The molecule has 2 saturated heterocycles. The number of ketones is 1. The van der Waals surface area contributed by atoms with Crippen molar-refractivity contribution >= 4 is 27.0 Å². The SMILES string of the molecule is CC.CC.CC(=O)O.CC1CC(N(C)C)CC(O)O1.CN.COC1C[C@@H](C)CC(C)C(=O)OC[C@@](C)(O)C(O)C(C)C(=O)[C@H](C)C1.CP. The molecule has 0 amide bonds. The third-order valence-electron chi connectivity index (χ3n) is 7.52. The molecule has 13 heteroatoms. The van der Waals surface area contributed by atoms with Crippen molar-refractivity contribution in [2.45, 2.75) is 145 Å². The van der Waals surface area contributed by atoms with Crippen LogP contribution in [0, 0.1) is 23.7 Å². The van der Waals surface area contributed by atoms with E-state index in [1.54, 1.807) is 21.0 Å². The van der Waals surface area contributed by atoms with E-state index in [1.807, 2.05) is 62.3 Å². The van der Waals surface area contributed by atoms with Gasteiger partial charge in [0, 0.05) is 38.3 Å². The van der Waals surface area contributed by atoms with Crippen molar-refractivity contribution in [3.63, 3.8) is 0 Å². The highest BCUT2D eigenvalue weighted by Crippen LogP contribution is 2.28. The molecular weight excluding hydrogens is 639 g/mol.